The van der Waals surface area contributed by atoms with Gasteiger partial charge in [-0.3, -0.25) is 14.7 Å². The largest absolute Gasteiger partial charge is 0.322 e. The Labute approximate surface area is 230 Å². The number of anilines is 1. The zero-order valence-corrected chi connectivity index (χ0v) is 23.1. The Bertz CT molecular complexity index is 1540. The van der Waals surface area contributed by atoms with Crippen LogP contribution in [0.4, 0.5) is 5.69 Å². The topological polar surface area (TPSA) is 78.7 Å². The number of fused-ring (bicyclic) bond motifs is 1. The van der Waals surface area contributed by atoms with Crippen molar-refractivity contribution in [2.24, 2.45) is 5.92 Å². The van der Waals surface area contributed by atoms with Crippen molar-refractivity contribution in [2.45, 2.75) is 33.7 Å². The first-order chi connectivity index (χ1) is 18.8. The zero-order chi connectivity index (χ0) is 27.4. The normalized spacial score (nSPS) is 14.4. The molecule has 4 heterocycles. The van der Waals surface area contributed by atoms with Crippen LogP contribution in [0, 0.1) is 24.7 Å². The van der Waals surface area contributed by atoms with Crippen molar-refractivity contribution in [3.63, 3.8) is 0 Å². The van der Waals surface area contributed by atoms with E-state index in [4.69, 9.17) is 5.10 Å². The molecular weight excluding hydrogens is 486 g/mol. The van der Waals surface area contributed by atoms with E-state index in [1.54, 1.807) is 29.2 Å². The first-order valence-electron chi connectivity index (χ1n) is 13.5. The van der Waals surface area contributed by atoms with Gasteiger partial charge in [0.15, 0.2) is 5.65 Å². The molecule has 1 N–H and O–H groups in total. The average Bonchev–Trinajstić information content (AvgIpc) is 3.32. The molecule has 8 heteroatoms. The maximum Gasteiger partial charge on any atom is 0.257 e. The third-order valence-corrected chi connectivity index (χ3v) is 6.96. The number of aromatic nitrogens is 4. The number of nitrogens with zero attached hydrogens (tertiary/aromatic N) is 6. The Hall–Kier alpha value is -4.06. The van der Waals surface area contributed by atoms with Crippen LogP contribution in [0.1, 0.15) is 52.3 Å². The van der Waals surface area contributed by atoms with Gasteiger partial charge in [-0.05, 0) is 73.7 Å². The highest BCUT2D eigenvalue weighted by molar-refractivity contribution is 6.04. The van der Waals surface area contributed by atoms with E-state index in [1.165, 1.54) is 11.1 Å². The van der Waals surface area contributed by atoms with Gasteiger partial charge >= 0.3 is 0 Å². The molecule has 0 saturated carbocycles. The molecule has 3 aromatic heterocycles. The minimum Gasteiger partial charge on any atom is -0.322 e. The number of hydrogen-bond donors (Lipinski definition) is 1. The van der Waals surface area contributed by atoms with Gasteiger partial charge < -0.3 is 10.2 Å². The first kappa shape index (κ1) is 26.5. The number of hydrogen-bond acceptors (Lipinski definition) is 6. The smallest absolute Gasteiger partial charge is 0.257 e. The SMILES string of the molecule is Cc1cc(NC(=O)c2cncc(C#Cc3cnc4ccc(CC(C)C)nn34)c2)ccc1CN1CCN(C)CC1. The molecule has 4 aromatic rings. The third kappa shape index (κ3) is 6.69. The molecule has 1 fully saturated rings. The van der Waals surface area contributed by atoms with E-state index in [1.807, 2.05) is 24.3 Å². The number of piperazine rings is 1. The summed E-state index contributed by atoms with van der Waals surface area (Å²) in [6, 6.07) is 11.8. The second-order valence-electron chi connectivity index (χ2n) is 10.7. The van der Waals surface area contributed by atoms with Crippen LogP contribution in [0.25, 0.3) is 5.65 Å². The van der Waals surface area contributed by atoms with Crippen molar-refractivity contribution in [1.82, 2.24) is 29.4 Å². The van der Waals surface area contributed by atoms with Gasteiger partial charge in [0, 0.05) is 56.4 Å². The molecule has 0 spiro atoms. The number of likely N-dealkylation sites (N-methyl/N-ethyl adjacent to an activating group) is 1. The van der Waals surface area contributed by atoms with Crippen LogP contribution in [0.5, 0.6) is 0 Å². The molecule has 1 amide bonds. The lowest BCUT2D eigenvalue weighted by molar-refractivity contribution is 0.102. The monoisotopic (exact) mass is 521 g/mol. The Morgan fingerprint density at radius 1 is 1.03 bits per heavy atom. The summed E-state index contributed by atoms with van der Waals surface area (Å²) in [5.41, 5.74) is 6.77. The molecule has 1 aliphatic heterocycles. The highest BCUT2D eigenvalue weighted by Gasteiger charge is 2.15. The fraction of sp³-hybridized carbons (Fsp3) is 0.355. The van der Waals surface area contributed by atoms with E-state index >= 15 is 0 Å². The van der Waals surface area contributed by atoms with Crippen LogP contribution < -0.4 is 5.32 Å². The van der Waals surface area contributed by atoms with Crippen LogP contribution >= 0.6 is 0 Å². The molecule has 8 nitrogen and oxygen atoms in total. The van der Waals surface area contributed by atoms with Gasteiger partial charge in [-0.1, -0.05) is 25.8 Å². The number of benzene rings is 1. The quantitative estimate of drug-likeness (QED) is 0.386. The Morgan fingerprint density at radius 2 is 1.85 bits per heavy atom. The lowest BCUT2D eigenvalue weighted by Crippen LogP contribution is -2.43. The maximum absolute atomic E-state index is 13.0. The van der Waals surface area contributed by atoms with Crippen molar-refractivity contribution < 1.29 is 4.79 Å². The molecule has 0 atom stereocenters. The van der Waals surface area contributed by atoms with E-state index in [9.17, 15) is 4.79 Å². The maximum atomic E-state index is 13.0. The minimum atomic E-state index is -0.216. The highest BCUT2D eigenvalue weighted by atomic mass is 16.1. The standard InChI is InChI=1S/C31H35N7O/c1-22(2)15-28-8-10-30-33-20-29(38(30)35-28)9-5-24-17-26(19-32-18-24)31(39)34-27-7-6-25(23(3)16-27)21-37-13-11-36(4)12-14-37/h6-8,10,16-20,22H,11-15,21H2,1-4H3,(H,34,39). The van der Waals surface area contributed by atoms with Crippen molar-refractivity contribution in [1.29, 1.82) is 0 Å². The number of amides is 1. The highest BCUT2D eigenvalue weighted by Crippen LogP contribution is 2.19. The van der Waals surface area contributed by atoms with Crippen LogP contribution in [0.3, 0.4) is 0 Å². The zero-order valence-electron chi connectivity index (χ0n) is 23.1. The fourth-order valence-corrected chi connectivity index (χ4v) is 4.69. The Balaban J connectivity index is 1.26. The van der Waals surface area contributed by atoms with Crippen LogP contribution in [-0.4, -0.2) is 68.5 Å². The molecular formula is C31H35N7O. The predicted octanol–water partition coefficient (Wildman–Crippen LogP) is 4.03. The summed E-state index contributed by atoms with van der Waals surface area (Å²) < 4.78 is 1.77. The number of pyridine rings is 1. The number of imidazole rings is 1. The Morgan fingerprint density at radius 3 is 2.62 bits per heavy atom. The van der Waals surface area contributed by atoms with E-state index in [0.29, 0.717) is 22.7 Å². The summed E-state index contributed by atoms with van der Waals surface area (Å²) >= 11 is 0. The van der Waals surface area contributed by atoms with Gasteiger partial charge in [0.1, 0.15) is 5.69 Å². The minimum absolute atomic E-state index is 0.216. The molecule has 0 unspecified atom stereocenters. The van der Waals surface area contributed by atoms with Crippen molar-refractivity contribution in [3.8, 4) is 11.8 Å². The second kappa shape index (κ2) is 11.8. The number of carbonyl (C=O) groups is 1. The lowest BCUT2D eigenvalue weighted by Gasteiger charge is -2.32. The molecule has 0 bridgehead atoms. The van der Waals surface area contributed by atoms with Gasteiger partial charge in [-0.2, -0.15) is 5.10 Å². The van der Waals surface area contributed by atoms with Crippen molar-refractivity contribution in [2.75, 3.05) is 38.5 Å². The van der Waals surface area contributed by atoms with Gasteiger partial charge in [0.05, 0.1) is 17.5 Å². The summed E-state index contributed by atoms with van der Waals surface area (Å²) in [7, 11) is 2.17. The van der Waals surface area contributed by atoms with Gasteiger partial charge in [-0.15, -0.1) is 0 Å². The number of aryl methyl sites for hydroxylation is 1. The summed E-state index contributed by atoms with van der Waals surface area (Å²) in [4.78, 5) is 26.5. The molecule has 5 rings (SSSR count). The van der Waals surface area contributed by atoms with Crippen LogP contribution in [0.2, 0.25) is 0 Å². The van der Waals surface area contributed by atoms with Crippen LogP contribution in [-0.2, 0) is 13.0 Å². The van der Waals surface area contributed by atoms with Gasteiger partial charge in [0.25, 0.3) is 5.91 Å². The van der Waals surface area contributed by atoms with E-state index in [2.05, 4.69) is 70.8 Å². The molecule has 1 aromatic carbocycles. The van der Waals surface area contributed by atoms with Crippen molar-refractivity contribution >= 4 is 17.2 Å². The molecule has 39 heavy (non-hydrogen) atoms. The second-order valence-corrected chi connectivity index (χ2v) is 10.7. The first-order valence-corrected chi connectivity index (χ1v) is 13.5. The van der Waals surface area contributed by atoms with E-state index in [0.717, 1.165) is 56.2 Å². The lowest BCUT2D eigenvalue weighted by atomic mass is 10.1. The summed E-state index contributed by atoms with van der Waals surface area (Å²) in [6.45, 7) is 11.7. The number of carbonyl (C=O) groups excluding carboxylic acids is 1. The molecule has 200 valence electrons. The molecule has 1 aliphatic rings. The molecule has 1 saturated heterocycles. The summed E-state index contributed by atoms with van der Waals surface area (Å²) in [5, 5.41) is 7.70. The molecule has 0 radical (unpaired) electrons. The summed E-state index contributed by atoms with van der Waals surface area (Å²) in [6.07, 6.45) is 5.82. The third-order valence-electron chi connectivity index (χ3n) is 6.96. The summed E-state index contributed by atoms with van der Waals surface area (Å²) in [5.74, 6) is 6.55. The Kier molecular flexibility index (Phi) is 8.01. The average molecular weight is 522 g/mol. The number of nitrogens with one attached hydrogen (secondary N) is 1. The number of rotatable bonds is 6. The van der Waals surface area contributed by atoms with Gasteiger partial charge in [0.2, 0.25) is 0 Å². The predicted molar refractivity (Wildman–Crippen MR) is 154 cm³/mol. The van der Waals surface area contributed by atoms with Crippen LogP contribution in [0.15, 0.2) is 55.0 Å². The van der Waals surface area contributed by atoms with Crippen molar-refractivity contribution in [3.05, 3.63) is 88.6 Å². The fourth-order valence-electron chi connectivity index (χ4n) is 4.69. The van der Waals surface area contributed by atoms with E-state index < -0.39 is 0 Å². The van der Waals surface area contributed by atoms with E-state index in [-0.39, 0.29) is 5.91 Å². The van der Waals surface area contributed by atoms with Gasteiger partial charge in [-0.25, -0.2) is 9.50 Å². The molecule has 0 aliphatic carbocycles.